The minimum atomic E-state index is -0.177. The van der Waals surface area contributed by atoms with Crippen molar-refractivity contribution < 1.29 is 14.6 Å². The number of carbonyl (C=O) groups excluding carboxylic acids is 1. The van der Waals surface area contributed by atoms with Gasteiger partial charge in [-0.15, -0.1) is 0 Å². The summed E-state index contributed by atoms with van der Waals surface area (Å²) in [5.41, 5.74) is 2.46. The number of aliphatic hydroxyl groups excluding tert-OH is 1. The molecule has 0 aliphatic heterocycles. The quantitative estimate of drug-likeness (QED) is 0.717. The molecule has 0 saturated heterocycles. The van der Waals surface area contributed by atoms with Crippen molar-refractivity contribution in [2.24, 2.45) is 0 Å². The summed E-state index contributed by atoms with van der Waals surface area (Å²) in [7, 11) is 0. The lowest BCUT2D eigenvalue weighted by Gasteiger charge is -2.26. The van der Waals surface area contributed by atoms with Gasteiger partial charge in [0.05, 0.1) is 11.7 Å². The number of ketones is 1. The van der Waals surface area contributed by atoms with E-state index >= 15 is 0 Å². The maximum atomic E-state index is 12.3. The first-order valence-electron chi connectivity index (χ1n) is 9.69. The minimum Gasteiger partial charge on any atom is -0.456 e. The van der Waals surface area contributed by atoms with E-state index in [4.69, 9.17) is 4.74 Å². The smallest absolute Gasteiger partial charge is 0.166 e. The highest BCUT2D eigenvalue weighted by Gasteiger charge is 2.20. The van der Waals surface area contributed by atoms with E-state index in [0.717, 1.165) is 42.6 Å². The van der Waals surface area contributed by atoms with Crippen molar-refractivity contribution in [2.75, 3.05) is 5.32 Å². The van der Waals surface area contributed by atoms with Crippen LogP contribution in [0.4, 0.5) is 5.82 Å². The van der Waals surface area contributed by atoms with E-state index in [2.05, 4.69) is 10.3 Å². The highest BCUT2D eigenvalue weighted by atomic mass is 16.5. The number of ether oxygens (including phenoxy) is 1. The van der Waals surface area contributed by atoms with Crippen LogP contribution in [-0.4, -0.2) is 28.0 Å². The molecule has 2 aromatic rings. The number of pyridine rings is 1. The van der Waals surface area contributed by atoms with Crippen LogP contribution in [0.5, 0.6) is 11.5 Å². The van der Waals surface area contributed by atoms with Gasteiger partial charge < -0.3 is 15.2 Å². The molecule has 1 aliphatic carbocycles. The summed E-state index contributed by atoms with van der Waals surface area (Å²) in [6, 6.07) is 7.86. The Morgan fingerprint density at radius 2 is 1.96 bits per heavy atom. The fourth-order valence-corrected chi connectivity index (χ4v) is 3.43. The number of rotatable bonds is 6. The first-order valence-corrected chi connectivity index (χ1v) is 9.69. The summed E-state index contributed by atoms with van der Waals surface area (Å²) in [5.74, 6) is 2.14. The summed E-state index contributed by atoms with van der Waals surface area (Å²) in [5, 5.41) is 13.1. The van der Waals surface area contributed by atoms with Crippen LogP contribution in [0, 0.1) is 13.8 Å². The van der Waals surface area contributed by atoms with Crippen molar-refractivity contribution in [2.45, 2.75) is 65.0 Å². The van der Waals surface area contributed by atoms with Crippen molar-refractivity contribution in [1.29, 1.82) is 0 Å². The van der Waals surface area contributed by atoms with Crippen molar-refractivity contribution in [3.8, 4) is 11.5 Å². The molecule has 0 amide bonds. The number of hydrogen-bond donors (Lipinski definition) is 2. The number of aromatic nitrogens is 1. The number of carbonyl (C=O) groups is 1. The van der Waals surface area contributed by atoms with E-state index in [-0.39, 0.29) is 11.9 Å². The third kappa shape index (κ3) is 4.66. The van der Waals surface area contributed by atoms with Gasteiger partial charge in [-0.05, 0) is 51.2 Å². The maximum Gasteiger partial charge on any atom is 0.166 e. The summed E-state index contributed by atoms with van der Waals surface area (Å²) in [6.07, 6.45) is 5.55. The first kappa shape index (κ1) is 19.4. The van der Waals surface area contributed by atoms with Crippen LogP contribution in [0.3, 0.4) is 0 Å². The Labute approximate surface area is 160 Å². The zero-order valence-electron chi connectivity index (χ0n) is 16.3. The second kappa shape index (κ2) is 8.53. The summed E-state index contributed by atoms with van der Waals surface area (Å²) >= 11 is 0. The topological polar surface area (TPSA) is 71.5 Å². The largest absolute Gasteiger partial charge is 0.456 e. The molecule has 1 aliphatic rings. The van der Waals surface area contributed by atoms with Crippen LogP contribution in [0.2, 0.25) is 0 Å². The van der Waals surface area contributed by atoms with Gasteiger partial charge in [-0.1, -0.05) is 19.1 Å². The van der Waals surface area contributed by atoms with E-state index < -0.39 is 0 Å². The van der Waals surface area contributed by atoms with Crippen molar-refractivity contribution in [1.82, 2.24) is 4.98 Å². The van der Waals surface area contributed by atoms with E-state index in [9.17, 15) is 9.90 Å². The minimum absolute atomic E-state index is 0.0690. The second-order valence-corrected chi connectivity index (χ2v) is 7.32. The van der Waals surface area contributed by atoms with Gasteiger partial charge in [0.25, 0.3) is 0 Å². The molecule has 0 unspecified atom stereocenters. The molecule has 5 heteroatoms. The molecular weight excluding hydrogens is 340 g/mol. The fourth-order valence-electron chi connectivity index (χ4n) is 3.43. The molecule has 0 atom stereocenters. The molecule has 0 bridgehead atoms. The third-order valence-corrected chi connectivity index (χ3v) is 5.15. The molecule has 1 heterocycles. The molecule has 1 aromatic carbocycles. The van der Waals surface area contributed by atoms with Gasteiger partial charge in [0.15, 0.2) is 5.78 Å². The van der Waals surface area contributed by atoms with Gasteiger partial charge in [-0.25, -0.2) is 4.98 Å². The summed E-state index contributed by atoms with van der Waals surface area (Å²) in [6.45, 7) is 5.75. The maximum absolute atomic E-state index is 12.3. The molecule has 1 fully saturated rings. The Hall–Kier alpha value is -2.40. The Kier molecular flexibility index (Phi) is 6.11. The predicted octanol–water partition coefficient (Wildman–Crippen LogP) is 4.80. The highest BCUT2D eigenvalue weighted by molar-refractivity contribution is 5.99. The lowest BCUT2D eigenvalue weighted by atomic mass is 9.93. The lowest BCUT2D eigenvalue weighted by molar-refractivity contribution is 0.0985. The lowest BCUT2D eigenvalue weighted by Crippen LogP contribution is -2.28. The number of nitrogens with one attached hydrogen (secondary N) is 1. The number of aliphatic hydroxyl groups is 1. The normalized spacial score (nSPS) is 19.6. The Morgan fingerprint density at radius 1 is 1.22 bits per heavy atom. The summed E-state index contributed by atoms with van der Waals surface area (Å²) < 4.78 is 6.20. The van der Waals surface area contributed by atoms with Crippen LogP contribution < -0.4 is 10.1 Å². The van der Waals surface area contributed by atoms with E-state index in [0.29, 0.717) is 29.5 Å². The predicted molar refractivity (Wildman–Crippen MR) is 107 cm³/mol. The second-order valence-electron chi connectivity index (χ2n) is 7.32. The molecule has 0 spiro atoms. The number of para-hydroxylation sites is 1. The van der Waals surface area contributed by atoms with Crippen molar-refractivity contribution in [3.05, 3.63) is 47.2 Å². The number of nitrogens with zero attached hydrogens (tertiary/aromatic N) is 1. The first-order chi connectivity index (χ1) is 13.0. The molecule has 2 N–H and O–H groups in total. The number of Topliss-reactive ketones (excluding diaryl/α,β-unsaturated/α-hetero) is 1. The van der Waals surface area contributed by atoms with Gasteiger partial charge >= 0.3 is 0 Å². The van der Waals surface area contributed by atoms with Gasteiger partial charge in [-0.3, -0.25) is 4.79 Å². The fraction of sp³-hybridized carbons (Fsp3) is 0.455. The van der Waals surface area contributed by atoms with E-state index in [1.54, 1.807) is 6.20 Å². The van der Waals surface area contributed by atoms with E-state index in [1.165, 1.54) is 0 Å². The molecule has 0 radical (unpaired) electrons. The SMILES string of the molecule is CCC(=O)c1cccc(C)c1Oc1cc(NC2CCC(O)CC2)ncc1C. The van der Waals surface area contributed by atoms with Crippen molar-refractivity contribution in [3.63, 3.8) is 0 Å². The van der Waals surface area contributed by atoms with Gasteiger partial charge in [0, 0.05) is 30.3 Å². The highest BCUT2D eigenvalue weighted by Crippen LogP contribution is 2.33. The van der Waals surface area contributed by atoms with Gasteiger partial charge in [0.2, 0.25) is 0 Å². The number of aryl methyl sites for hydroxylation is 2. The number of anilines is 1. The van der Waals surface area contributed by atoms with Crippen LogP contribution in [-0.2, 0) is 0 Å². The molecule has 5 nitrogen and oxygen atoms in total. The van der Waals surface area contributed by atoms with Gasteiger partial charge in [0.1, 0.15) is 17.3 Å². The molecular formula is C22H28N2O3. The molecule has 144 valence electrons. The summed E-state index contributed by atoms with van der Waals surface area (Å²) in [4.78, 5) is 16.8. The Balaban J connectivity index is 1.82. The zero-order valence-corrected chi connectivity index (χ0v) is 16.3. The average molecular weight is 368 g/mol. The van der Waals surface area contributed by atoms with Gasteiger partial charge in [-0.2, -0.15) is 0 Å². The van der Waals surface area contributed by atoms with Crippen LogP contribution >= 0.6 is 0 Å². The monoisotopic (exact) mass is 368 g/mol. The van der Waals surface area contributed by atoms with Crippen LogP contribution in [0.15, 0.2) is 30.5 Å². The zero-order chi connectivity index (χ0) is 19.4. The molecule has 1 aromatic heterocycles. The Bertz CT molecular complexity index is 811. The van der Waals surface area contributed by atoms with Crippen LogP contribution in [0.25, 0.3) is 0 Å². The number of hydrogen-bond acceptors (Lipinski definition) is 5. The van der Waals surface area contributed by atoms with E-state index in [1.807, 2.05) is 45.0 Å². The average Bonchev–Trinajstić information content (AvgIpc) is 2.67. The standard InChI is InChI=1S/C22H28N2O3/c1-4-19(26)18-7-5-6-14(2)22(18)27-20-12-21(23-13-15(20)3)24-16-8-10-17(25)11-9-16/h5-7,12-13,16-17,25H,4,8-11H2,1-3H3,(H,23,24). The molecule has 3 rings (SSSR count). The number of benzene rings is 1. The third-order valence-electron chi connectivity index (χ3n) is 5.15. The van der Waals surface area contributed by atoms with Crippen molar-refractivity contribution >= 4 is 11.6 Å². The van der Waals surface area contributed by atoms with Crippen LogP contribution in [0.1, 0.15) is 60.5 Å². The molecule has 1 saturated carbocycles. The Morgan fingerprint density at radius 3 is 2.67 bits per heavy atom. The molecule has 27 heavy (non-hydrogen) atoms.